The lowest BCUT2D eigenvalue weighted by molar-refractivity contribution is 0.307. The molecule has 2 aliphatic carbocycles. The molecule has 3 rings (SSSR count). The van der Waals surface area contributed by atoms with Gasteiger partial charge in [-0.2, -0.15) is 0 Å². The summed E-state index contributed by atoms with van der Waals surface area (Å²) in [6, 6.07) is 0. The molecule has 1 aromatic heterocycles. The van der Waals surface area contributed by atoms with Gasteiger partial charge in [0.05, 0.1) is 0 Å². The molecular formula is C15H23N3. The normalized spacial score (nSPS) is 27.2. The van der Waals surface area contributed by atoms with Gasteiger partial charge < -0.3 is 5.73 Å². The quantitative estimate of drug-likeness (QED) is 0.870. The summed E-state index contributed by atoms with van der Waals surface area (Å²) in [6.45, 7) is 2.30. The van der Waals surface area contributed by atoms with E-state index >= 15 is 0 Å². The first-order valence-electron chi connectivity index (χ1n) is 7.43. The summed E-state index contributed by atoms with van der Waals surface area (Å²) in [5, 5.41) is 0. The molecule has 1 heterocycles. The molecule has 2 atom stereocenters. The molecule has 98 valence electrons. The number of rotatable bonds is 2. The Labute approximate surface area is 109 Å². The summed E-state index contributed by atoms with van der Waals surface area (Å²) >= 11 is 0. The predicted octanol–water partition coefficient (Wildman–Crippen LogP) is 3.23. The molecule has 3 heteroatoms. The monoisotopic (exact) mass is 245 g/mol. The Morgan fingerprint density at radius 3 is 2.89 bits per heavy atom. The van der Waals surface area contributed by atoms with Crippen LogP contribution < -0.4 is 5.73 Å². The molecule has 2 aliphatic rings. The Bertz CT molecular complexity index is 442. The zero-order chi connectivity index (χ0) is 12.5. The van der Waals surface area contributed by atoms with Crippen LogP contribution in [0.3, 0.4) is 0 Å². The van der Waals surface area contributed by atoms with Gasteiger partial charge in [0.25, 0.3) is 0 Å². The van der Waals surface area contributed by atoms with Gasteiger partial charge in [-0.25, -0.2) is 9.97 Å². The highest BCUT2D eigenvalue weighted by atomic mass is 15.0. The van der Waals surface area contributed by atoms with Crippen LogP contribution in [0.4, 0.5) is 5.82 Å². The minimum Gasteiger partial charge on any atom is -0.383 e. The second kappa shape index (κ2) is 4.87. The molecule has 18 heavy (non-hydrogen) atoms. The molecule has 3 nitrogen and oxygen atoms in total. The minimum absolute atomic E-state index is 0.553. The highest BCUT2D eigenvalue weighted by Crippen LogP contribution is 2.37. The van der Waals surface area contributed by atoms with Gasteiger partial charge in [0, 0.05) is 17.2 Å². The topological polar surface area (TPSA) is 51.8 Å². The fraction of sp³-hybridized carbons (Fsp3) is 0.733. The summed E-state index contributed by atoms with van der Waals surface area (Å²) in [5.41, 5.74) is 8.55. The Morgan fingerprint density at radius 1 is 1.17 bits per heavy atom. The standard InChI is InChI=1S/C15H23N3/c1-2-10-5-3-6-11(9-10)15-17-13-8-4-7-12(13)14(16)18-15/h10-11H,2-9H2,1H3,(H2,16,17,18). The third-order valence-electron chi connectivity index (χ3n) is 4.71. The van der Waals surface area contributed by atoms with Gasteiger partial charge in [-0.05, 0) is 38.0 Å². The number of nitrogens with two attached hydrogens (primary N) is 1. The zero-order valence-corrected chi connectivity index (χ0v) is 11.3. The number of hydrogen-bond acceptors (Lipinski definition) is 3. The maximum absolute atomic E-state index is 6.10. The molecule has 0 aliphatic heterocycles. The number of anilines is 1. The van der Waals surface area contributed by atoms with Crippen LogP contribution in [-0.4, -0.2) is 9.97 Å². The van der Waals surface area contributed by atoms with Gasteiger partial charge in [-0.3, -0.25) is 0 Å². The summed E-state index contributed by atoms with van der Waals surface area (Å²) in [7, 11) is 0. The first-order valence-corrected chi connectivity index (χ1v) is 7.43. The Kier molecular flexibility index (Phi) is 3.23. The van der Waals surface area contributed by atoms with Crippen LogP contribution in [0.15, 0.2) is 0 Å². The number of fused-ring (bicyclic) bond motifs is 1. The number of nitrogen functional groups attached to an aromatic ring is 1. The van der Waals surface area contributed by atoms with E-state index in [1.807, 2.05) is 0 Å². The molecule has 0 aromatic carbocycles. The Morgan fingerprint density at radius 2 is 2.06 bits per heavy atom. The van der Waals surface area contributed by atoms with Crippen LogP contribution in [0.1, 0.15) is 68.4 Å². The molecule has 1 aromatic rings. The Hall–Kier alpha value is -1.12. The number of hydrogen-bond donors (Lipinski definition) is 1. The van der Waals surface area contributed by atoms with E-state index in [9.17, 15) is 0 Å². The number of aromatic nitrogens is 2. The van der Waals surface area contributed by atoms with E-state index in [4.69, 9.17) is 10.7 Å². The van der Waals surface area contributed by atoms with E-state index in [1.165, 1.54) is 49.8 Å². The van der Waals surface area contributed by atoms with E-state index in [0.717, 1.165) is 30.4 Å². The maximum atomic E-state index is 6.10. The van der Waals surface area contributed by atoms with Crippen molar-refractivity contribution in [2.24, 2.45) is 5.92 Å². The zero-order valence-electron chi connectivity index (χ0n) is 11.3. The molecular weight excluding hydrogens is 222 g/mol. The summed E-state index contributed by atoms with van der Waals surface area (Å²) in [4.78, 5) is 9.42. The SMILES string of the molecule is CCC1CCCC(c2nc(N)c3c(n2)CCC3)C1. The molecule has 0 spiro atoms. The van der Waals surface area contributed by atoms with Crippen molar-refractivity contribution in [1.82, 2.24) is 9.97 Å². The van der Waals surface area contributed by atoms with E-state index in [1.54, 1.807) is 0 Å². The van der Waals surface area contributed by atoms with Crippen LogP contribution in [0.25, 0.3) is 0 Å². The third kappa shape index (κ3) is 2.11. The van der Waals surface area contributed by atoms with Crippen molar-refractivity contribution in [3.63, 3.8) is 0 Å². The predicted molar refractivity (Wildman–Crippen MR) is 73.5 cm³/mol. The van der Waals surface area contributed by atoms with Crippen LogP contribution in [0.2, 0.25) is 0 Å². The lowest BCUT2D eigenvalue weighted by Crippen LogP contribution is -2.17. The van der Waals surface area contributed by atoms with Crippen molar-refractivity contribution >= 4 is 5.82 Å². The lowest BCUT2D eigenvalue weighted by Gasteiger charge is -2.27. The molecule has 1 fully saturated rings. The van der Waals surface area contributed by atoms with Crippen molar-refractivity contribution in [2.45, 2.75) is 64.2 Å². The molecule has 2 N–H and O–H groups in total. The lowest BCUT2D eigenvalue weighted by atomic mass is 9.80. The van der Waals surface area contributed by atoms with Gasteiger partial charge in [0.15, 0.2) is 0 Å². The van der Waals surface area contributed by atoms with E-state index in [-0.39, 0.29) is 0 Å². The Balaban J connectivity index is 1.86. The highest BCUT2D eigenvalue weighted by molar-refractivity contribution is 5.45. The van der Waals surface area contributed by atoms with E-state index in [0.29, 0.717) is 5.92 Å². The van der Waals surface area contributed by atoms with Crippen LogP contribution in [0.5, 0.6) is 0 Å². The molecule has 0 saturated heterocycles. The van der Waals surface area contributed by atoms with Crippen molar-refractivity contribution in [3.05, 3.63) is 17.1 Å². The minimum atomic E-state index is 0.553. The molecule has 2 unspecified atom stereocenters. The average molecular weight is 245 g/mol. The van der Waals surface area contributed by atoms with Gasteiger partial charge in [0.1, 0.15) is 11.6 Å². The van der Waals surface area contributed by atoms with Crippen molar-refractivity contribution in [2.75, 3.05) is 5.73 Å². The number of aryl methyl sites for hydroxylation is 1. The fourth-order valence-corrected chi connectivity index (χ4v) is 3.56. The van der Waals surface area contributed by atoms with E-state index < -0.39 is 0 Å². The van der Waals surface area contributed by atoms with Crippen LogP contribution in [-0.2, 0) is 12.8 Å². The first kappa shape index (κ1) is 11.9. The van der Waals surface area contributed by atoms with Gasteiger partial charge >= 0.3 is 0 Å². The van der Waals surface area contributed by atoms with E-state index in [2.05, 4.69) is 11.9 Å². The van der Waals surface area contributed by atoms with Crippen molar-refractivity contribution in [3.8, 4) is 0 Å². The van der Waals surface area contributed by atoms with Gasteiger partial charge in [-0.15, -0.1) is 0 Å². The van der Waals surface area contributed by atoms with Gasteiger partial charge in [0.2, 0.25) is 0 Å². The van der Waals surface area contributed by atoms with Crippen molar-refractivity contribution < 1.29 is 0 Å². The summed E-state index contributed by atoms with van der Waals surface area (Å²) in [6.07, 6.45) is 9.86. The van der Waals surface area contributed by atoms with Crippen LogP contribution in [0, 0.1) is 5.92 Å². The second-order valence-electron chi connectivity index (χ2n) is 5.88. The fourth-order valence-electron chi connectivity index (χ4n) is 3.56. The third-order valence-corrected chi connectivity index (χ3v) is 4.71. The van der Waals surface area contributed by atoms with Crippen LogP contribution >= 0.6 is 0 Å². The van der Waals surface area contributed by atoms with Crippen molar-refractivity contribution in [1.29, 1.82) is 0 Å². The van der Waals surface area contributed by atoms with Gasteiger partial charge in [-0.1, -0.05) is 26.2 Å². The highest BCUT2D eigenvalue weighted by Gasteiger charge is 2.26. The molecule has 0 amide bonds. The smallest absolute Gasteiger partial charge is 0.134 e. The molecule has 1 saturated carbocycles. The molecule has 0 bridgehead atoms. The average Bonchev–Trinajstić information content (AvgIpc) is 2.87. The summed E-state index contributed by atoms with van der Waals surface area (Å²) < 4.78 is 0. The summed E-state index contributed by atoms with van der Waals surface area (Å²) in [5.74, 6) is 3.20. The first-order chi connectivity index (χ1) is 8.78. The largest absolute Gasteiger partial charge is 0.383 e. The second-order valence-corrected chi connectivity index (χ2v) is 5.88. The molecule has 0 radical (unpaired) electrons. The number of nitrogens with zero attached hydrogens (tertiary/aromatic N) is 2. The maximum Gasteiger partial charge on any atom is 0.134 e.